The molecule has 1 rings (SSSR count). The van der Waals surface area contributed by atoms with Crippen LogP contribution in [-0.4, -0.2) is 30.7 Å². The number of aldehydes is 1. The second-order valence-electron chi connectivity index (χ2n) is 2.98. The van der Waals surface area contributed by atoms with Gasteiger partial charge in [0.15, 0.2) is 11.6 Å². The Hall–Kier alpha value is -1.78. The van der Waals surface area contributed by atoms with Crippen LogP contribution < -0.4 is 0 Å². The molecule has 0 heterocycles. The summed E-state index contributed by atoms with van der Waals surface area (Å²) in [6.45, 7) is -0.0855. The summed E-state index contributed by atoms with van der Waals surface area (Å²) in [6, 6.07) is 2.85. The fourth-order valence-electron chi connectivity index (χ4n) is 1.04. The van der Waals surface area contributed by atoms with Crippen LogP contribution in [0.1, 0.15) is 10.4 Å². The lowest BCUT2D eigenvalue weighted by Crippen LogP contribution is -2.28. The molecule has 0 aliphatic heterocycles. The Kier molecular flexibility index (Phi) is 3.49. The fraction of sp³-hybridized carbons (Fsp3) is 0.200. The van der Waals surface area contributed by atoms with Gasteiger partial charge in [-0.2, -0.15) is 0 Å². The van der Waals surface area contributed by atoms with Crippen LogP contribution in [0.25, 0.3) is 0 Å². The molecule has 0 saturated heterocycles. The van der Waals surface area contributed by atoms with Crippen molar-refractivity contribution in [3.63, 3.8) is 0 Å². The van der Waals surface area contributed by atoms with E-state index < -0.39 is 17.5 Å². The number of rotatable bonds is 3. The highest BCUT2D eigenvalue weighted by atomic mass is 19.2. The van der Waals surface area contributed by atoms with Crippen LogP contribution in [0.5, 0.6) is 0 Å². The Morgan fingerprint density at radius 1 is 1.40 bits per heavy atom. The van der Waals surface area contributed by atoms with Gasteiger partial charge in [-0.1, -0.05) is 0 Å². The van der Waals surface area contributed by atoms with E-state index in [1.165, 1.54) is 13.1 Å². The maximum absolute atomic E-state index is 12.8. The molecule has 0 N–H and O–H groups in total. The van der Waals surface area contributed by atoms with Gasteiger partial charge in [0.2, 0.25) is 0 Å². The predicted molar refractivity (Wildman–Crippen MR) is 49.4 cm³/mol. The smallest absolute Gasteiger partial charge is 0.254 e. The van der Waals surface area contributed by atoms with Crippen LogP contribution >= 0.6 is 0 Å². The molecule has 3 nitrogen and oxygen atoms in total. The van der Waals surface area contributed by atoms with E-state index >= 15 is 0 Å². The summed E-state index contributed by atoms with van der Waals surface area (Å²) in [5.74, 6) is -2.62. The molecule has 0 atom stereocenters. The Bertz CT molecular complexity index is 393. The van der Waals surface area contributed by atoms with E-state index in [0.717, 1.165) is 17.0 Å². The van der Waals surface area contributed by atoms with Crippen LogP contribution in [0, 0.1) is 11.6 Å². The lowest BCUT2D eigenvalue weighted by atomic mass is 10.2. The Balaban J connectivity index is 2.91. The van der Waals surface area contributed by atoms with Crippen molar-refractivity contribution < 1.29 is 18.4 Å². The van der Waals surface area contributed by atoms with Crippen molar-refractivity contribution in [1.29, 1.82) is 0 Å². The van der Waals surface area contributed by atoms with Gasteiger partial charge in [-0.05, 0) is 18.2 Å². The molecular formula is C10H9F2NO2. The zero-order valence-corrected chi connectivity index (χ0v) is 8.04. The van der Waals surface area contributed by atoms with E-state index in [1.54, 1.807) is 0 Å². The van der Waals surface area contributed by atoms with E-state index in [9.17, 15) is 18.4 Å². The van der Waals surface area contributed by atoms with Gasteiger partial charge in [0.1, 0.15) is 6.29 Å². The molecule has 0 aliphatic rings. The normalized spacial score (nSPS) is 9.80. The van der Waals surface area contributed by atoms with Crippen LogP contribution in [0.15, 0.2) is 18.2 Å². The summed E-state index contributed by atoms with van der Waals surface area (Å²) in [7, 11) is 1.40. The largest absolute Gasteiger partial charge is 0.335 e. The molecule has 0 aliphatic carbocycles. The average molecular weight is 213 g/mol. The number of benzene rings is 1. The lowest BCUT2D eigenvalue weighted by molar-refractivity contribution is -0.108. The van der Waals surface area contributed by atoms with Gasteiger partial charge in [0, 0.05) is 12.6 Å². The zero-order chi connectivity index (χ0) is 11.4. The lowest BCUT2D eigenvalue weighted by Gasteiger charge is -2.13. The van der Waals surface area contributed by atoms with Gasteiger partial charge in [-0.3, -0.25) is 4.79 Å². The van der Waals surface area contributed by atoms with Gasteiger partial charge in [-0.15, -0.1) is 0 Å². The van der Waals surface area contributed by atoms with E-state index in [2.05, 4.69) is 0 Å². The molecule has 5 heteroatoms. The summed E-state index contributed by atoms with van der Waals surface area (Å²) in [6.07, 6.45) is 0.553. The van der Waals surface area contributed by atoms with Crippen LogP contribution in [-0.2, 0) is 4.79 Å². The number of carbonyl (C=O) groups excluding carboxylic acids is 2. The summed E-state index contributed by atoms with van der Waals surface area (Å²) in [5.41, 5.74) is 0.0123. The maximum Gasteiger partial charge on any atom is 0.254 e. The van der Waals surface area contributed by atoms with E-state index in [4.69, 9.17) is 0 Å². The SMILES string of the molecule is CN(CC=O)C(=O)c1ccc(F)c(F)c1. The molecule has 0 fully saturated rings. The quantitative estimate of drug-likeness (QED) is 0.708. The first-order valence-electron chi connectivity index (χ1n) is 4.20. The molecule has 1 aromatic carbocycles. The molecule has 1 amide bonds. The van der Waals surface area contributed by atoms with Crippen molar-refractivity contribution in [3.8, 4) is 0 Å². The summed E-state index contributed by atoms with van der Waals surface area (Å²) in [5, 5.41) is 0. The average Bonchev–Trinajstić information content (AvgIpc) is 2.21. The standard InChI is InChI=1S/C10H9F2NO2/c1-13(4-5-14)10(15)7-2-3-8(11)9(12)6-7/h2-3,5-6H,4H2,1H3. The van der Waals surface area contributed by atoms with Gasteiger partial charge in [-0.25, -0.2) is 8.78 Å². The highest BCUT2D eigenvalue weighted by Gasteiger charge is 2.13. The number of carbonyl (C=O) groups is 2. The minimum Gasteiger partial charge on any atom is -0.335 e. The van der Waals surface area contributed by atoms with Crippen molar-refractivity contribution in [3.05, 3.63) is 35.4 Å². The summed E-state index contributed by atoms with van der Waals surface area (Å²) in [4.78, 5) is 22.7. The third kappa shape index (κ3) is 2.59. The van der Waals surface area contributed by atoms with E-state index in [0.29, 0.717) is 6.29 Å². The predicted octanol–water partition coefficient (Wildman–Crippen LogP) is 1.24. The topological polar surface area (TPSA) is 37.4 Å². The monoisotopic (exact) mass is 213 g/mol. The van der Waals surface area contributed by atoms with Crippen LogP contribution in [0.4, 0.5) is 8.78 Å². The summed E-state index contributed by atoms with van der Waals surface area (Å²) < 4.78 is 25.3. The van der Waals surface area contributed by atoms with Gasteiger partial charge < -0.3 is 9.69 Å². The molecule has 0 spiro atoms. The number of halogens is 2. The number of hydrogen-bond acceptors (Lipinski definition) is 2. The first kappa shape index (κ1) is 11.3. The second kappa shape index (κ2) is 4.63. The van der Waals surface area contributed by atoms with Crippen molar-refractivity contribution in [2.24, 2.45) is 0 Å². The Morgan fingerprint density at radius 2 is 2.07 bits per heavy atom. The van der Waals surface area contributed by atoms with Gasteiger partial charge in [0.05, 0.1) is 6.54 Å². The zero-order valence-electron chi connectivity index (χ0n) is 8.04. The minimum atomic E-state index is -1.08. The first-order valence-corrected chi connectivity index (χ1v) is 4.20. The molecular weight excluding hydrogens is 204 g/mol. The molecule has 15 heavy (non-hydrogen) atoms. The highest BCUT2D eigenvalue weighted by Crippen LogP contribution is 2.10. The molecule has 0 radical (unpaired) electrons. The maximum atomic E-state index is 12.8. The molecule has 0 unspecified atom stereocenters. The molecule has 80 valence electrons. The van der Waals surface area contributed by atoms with Crippen molar-refractivity contribution >= 4 is 12.2 Å². The third-order valence-corrected chi connectivity index (χ3v) is 1.86. The van der Waals surface area contributed by atoms with Gasteiger partial charge in [0.25, 0.3) is 5.91 Å². The molecule has 1 aromatic rings. The Morgan fingerprint density at radius 3 is 2.60 bits per heavy atom. The third-order valence-electron chi connectivity index (χ3n) is 1.86. The number of amides is 1. The molecule has 0 bridgehead atoms. The summed E-state index contributed by atoms with van der Waals surface area (Å²) >= 11 is 0. The van der Waals surface area contributed by atoms with Crippen molar-refractivity contribution in [2.45, 2.75) is 0 Å². The van der Waals surface area contributed by atoms with Gasteiger partial charge >= 0.3 is 0 Å². The fourth-order valence-corrected chi connectivity index (χ4v) is 1.04. The minimum absolute atomic E-state index is 0.0123. The highest BCUT2D eigenvalue weighted by molar-refractivity contribution is 5.94. The van der Waals surface area contributed by atoms with Crippen molar-refractivity contribution in [2.75, 3.05) is 13.6 Å². The van der Waals surface area contributed by atoms with Crippen molar-refractivity contribution in [1.82, 2.24) is 4.90 Å². The number of nitrogens with zero attached hydrogens (tertiary/aromatic N) is 1. The van der Waals surface area contributed by atoms with E-state index in [1.807, 2.05) is 0 Å². The first-order chi connectivity index (χ1) is 7.06. The van der Waals surface area contributed by atoms with Crippen LogP contribution in [0.3, 0.4) is 0 Å². The van der Waals surface area contributed by atoms with E-state index in [-0.39, 0.29) is 12.1 Å². The number of likely N-dealkylation sites (N-methyl/N-ethyl adjacent to an activating group) is 1. The van der Waals surface area contributed by atoms with Crippen LogP contribution in [0.2, 0.25) is 0 Å². The molecule has 0 saturated carbocycles. The Labute approximate surface area is 85.3 Å². The second-order valence-corrected chi connectivity index (χ2v) is 2.98. The molecule has 0 aromatic heterocycles. The number of hydrogen-bond donors (Lipinski definition) is 0.